The molecule has 0 radical (unpaired) electrons. The van der Waals surface area contributed by atoms with Gasteiger partial charge in [-0.1, -0.05) is 32.0 Å². The van der Waals surface area contributed by atoms with Gasteiger partial charge >= 0.3 is 0 Å². The highest BCUT2D eigenvalue weighted by Gasteiger charge is 2.19. The quantitative estimate of drug-likeness (QED) is 0.686. The highest BCUT2D eigenvalue weighted by atomic mass is 19.1. The maximum absolute atomic E-state index is 13.9. The molecule has 0 aliphatic heterocycles. The number of hydrogen-bond acceptors (Lipinski definition) is 2. The third kappa shape index (κ3) is 6.15. The third-order valence-corrected chi connectivity index (χ3v) is 4.19. The van der Waals surface area contributed by atoms with E-state index in [1.165, 1.54) is 0 Å². The van der Waals surface area contributed by atoms with Crippen molar-refractivity contribution < 1.29 is 4.39 Å². The minimum absolute atomic E-state index is 0.102. The lowest BCUT2D eigenvalue weighted by Crippen LogP contribution is -2.33. The monoisotopic (exact) mass is 294 g/mol. The number of hydrogen-bond donors (Lipinski definition) is 1. The van der Waals surface area contributed by atoms with E-state index < -0.39 is 0 Å². The highest BCUT2D eigenvalue weighted by Crippen LogP contribution is 2.24. The molecule has 0 aliphatic rings. The van der Waals surface area contributed by atoms with Crippen LogP contribution in [0.1, 0.15) is 52.1 Å². The van der Waals surface area contributed by atoms with Crippen LogP contribution in [0.25, 0.3) is 0 Å². The summed E-state index contributed by atoms with van der Waals surface area (Å²) in [5.41, 5.74) is 0.782. The molecule has 2 nitrogen and oxygen atoms in total. The molecule has 0 amide bonds. The minimum Gasteiger partial charge on any atom is -0.316 e. The molecule has 1 aromatic rings. The van der Waals surface area contributed by atoms with Gasteiger partial charge in [-0.05, 0) is 58.8 Å². The van der Waals surface area contributed by atoms with Crippen LogP contribution in [0.2, 0.25) is 0 Å². The van der Waals surface area contributed by atoms with Gasteiger partial charge in [0.2, 0.25) is 0 Å². The van der Waals surface area contributed by atoms with E-state index in [0.717, 1.165) is 31.5 Å². The number of nitrogens with one attached hydrogen (secondary N) is 1. The Bertz CT molecular complexity index is 406. The molecule has 1 aromatic carbocycles. The van der Waals surface area contributed by atoms with Gasteiger partial charge in [0.15, 0.2) is 0 Å². The summed E-state index contributed by atoms with van der Waals surface area (Å²) in [7, 11) is 2.09. The van der Waals surface area contributed by atoms with Crippen molar-refractivity contribution >= 4 is 0 Å². The van der Waals surface area contributed by atoms with Gasteiger partial charge in [0.1, 0.15) is 5.82 Å². The Hall–Kier alpha value is -0.930. The van der Waals surface area contributed by atoms with Crippen LogP contribution in [0.15, 0.2) is 24.3 Å². The van der Waals surface area contributed by atoms with Crippen molar-refractivity contribution in [3.8, 4) is 0 Å². The number of rotatable bonds is 9. The van der Waals surface area contributed by atoms with Gasteiger partial charge in [-0.15, -0.1) is 0 Å². The van der Waals surface area contributed by atoms with Gasteiger partial charge in [0, 0.05) is 17.6 Å². The van der Waals surface area contributed by atoms with Crippen molar-refractivity contribution in [3.63, 3.8) is 0 Å². The Morgan fingerprint density at radius 1 is 1.14 bits per heavy atom. The Kier molecular flexibility index (Phi) is 7.91. The Balaban J connectivity index is 2.40. The summed E-state index contributed by atoms with van der Waals surface area (Å²) >= 11 is 0. The summed E-state index contributed by atoms with van der Waals surface area (Å²) in [6, 6.07) is 7.62. The van der Waals surface area contributed by atoms with Gasteiger partial charge in [-0.25, -0.2) is 4.39 Å². The zero-order chi connectivity index (χ0) is 15.8. The topological polar surface area (TPSA) is 15.3 Å². The molecule has 120 valence electrons. The molecule has 0 saturated heterocycles. The lowest BCUT2D eigenvalue weighted by atomic mass is 10.0. The van der Waals surface area contributed by atoms with E-state index in [-0.39, 0.29) is 11.9 Å². The summed E-state index contributed by atoms with van der Waals surface area (Å²) in [4.78, 5) is 2.26. The van der Waals surface area contributed by atoms with Crippen LogP contribution in [-0.4, -0.2) is 31.1 Å². The predicted molar refractivity (Wildman–Crippen MR) is 89.0 cm³/mol. The first-order chi connectivity index (χ1) is 9.93. The molecule has 0 aliphatic carbocycles. The predicted octanol–water partition coefficient (Wildman–Crippen LogP) is 4.23. The zero-order valence-electron chi connectivity index (χ0n) is 14.2. The number of nitrogens with zero attached hydrogens (tertiary/aromatic N) is 1. The molecule has 2 atom stereocenters. The van der Waals surface area contributed by atoms with Crippen LogP contribution in [0, 0.1) is 11.7 Å². The van der Waals surface area contributed by atoms with Gasteiger partial charge in [-0.2, -0.15) is 0 Å². The maximum Gasteiger partial charge on any atom is 0.127 e. The molecule has 0 fully saturated rings. The van der Waals surface area contributed by atoms with E-state index in [2.05, 4.69) is 45.0 Å². The van der Waals surface area contributed by atoms with Crippen LogP contribution in [0.3, 0.4) is 0 Å². The Morgan fingerprint density at radius 3 is 2.43 bits per heavy atom. The molecule has 0 heterocycles. The zero-order valence-corrected chi connectivity index (χ0v) is 14.2. The maximum atomic E-state index is 13.9. The van der Waals surface area contributed by atoms with Gasteiger partial charge in [-0.3, -0.25) is 4.90 Å². The van der Waals surface area contributed by atoms with E-state index >= 15 is 0 Å². The van der Waals surface area contributed by atoms with Gasteiger partial charge < -0.3 is 5.32 Å². The lowest BCUT2D eigenvalue weighted by Gasteiger charge is -2.31. The third-order valence-electron chi connectivity index (χ3n) is 4.19. The first-order valence-corrected chi connectivity index (χ1v) is 8.10. The fourth-order valence-electron chi connectivity index (χ4n) is 2.53. The SMILES string of the molecule is CC(C)CNCCCC(C)N(C)C(C)c1ccccc1F. The van der Waals surface area contributed by atoms with Crippen LogP contribution in [0.4, 0.5) is 4.39 Å². The van der Waals surface area contributed by atoms with Crippen molar-refractivity contribution in [2.24, 2.45) is 5.92 Å². The molecule has 0 saturated carbocycles. The minimum atomic E-state index is -0.109. The van der Waals surface area contributed by atoms with Crippen LogP contribution in [0.5, 0.6) is 0 Å². The normalized spacial score (nSPS) is 14.7. The van der Waals surface area contributed by atoms with Crippen molar-refractivity contribution in [1.82, 2.24) is 10.2 Å². The highest BCUT2D eigenvalue weighted by molar-refractivity contribution is 5.20. The molecule has 2 unspecified atom stereocenters. The molecule has 1 rings (SSSR count). The number of benzene rings is 1. The molecule has 1 N–H and O–H groups in total. The average molecular weight is 294 g/mol. The van der Waals surface area contributed by atoms with E-state index in [0.29, 0.717) is 12.0 Å². The van der Waals surface area contributed by atoms with Crippen molar-refractivity contribution in [3.05, 3.63) is 35.6 Å². The fraction of sp³-hybridized carbons (Fsp3) is 0.667. The van der Waals surface area contributed by atoms with Gasteiger partial charge in [0.25, 0.3) is 0 Å². The molecular weight excluding hydrogens is 263 g/mol. The second kappa shape index (κ2) is 9.16. The van der Waals surface area contributed by atoms with E-state index in [9.17, 15) is 4.39 Å². The second-order valence-corrected chi connectivity index (χ2v) is 6.45. The summed E-state index contributed by atoms with van der Waals surface area (Å²) in [6.45, 7) is 10.9. The van der Waals surface area contributed by atoms with Crippen LogP contribution in [-0.2, 0) is 0 Å². The standard InChI is InChI=1S/C18H31FN2/c1-14(2)13-20-12-8-9-15(3)21(5)16(4)17-10-6-7-11-18(17)19/h6-7,10-11,14-16,20H,8-9,12-13H2,1-5H3. The van der Waals surface area contributed by atoms with Crippen LogP contribution >= 0.6 is 0 Å². The molecular formula is C18H31FN2. The van der Waals surface area contributed by atoms with E-state index in [1.807, 2.05) is 12.1 Å². The molecule has 3 heteroatoms. The summed E-state index contributed by atoms with van der Waals surface area (Å²) in [5.74, 6) is 0.592. The van der Waals surface area contributed by atoms with Gasteiger partial charge in [0.05, 0.1) is 0 Å². The first kappa shape index (κ1) is 18.1. The molecule has 0 spiro atoms. The van der Waals surface area contributed by atoms with Crippen molar-refractivity contribution in [1.29, 1.82) is 0 Å². The molecule has 0 aromatic heterocycles. The Labute approximate surface area is 129 Å². The van der Waals surface area contributed by atoms with Crippen molar-refractivity contribution in [2.75, 3.05) is 20.1 Å². The molecule has 21 heavy (non-hydrogen) atoms. The Morgan fingerprint density at radius 2 is 1.81 bits per heavy atom. The van der Waals surface area contributed by atoms with Crippen molar-refractivity contribution in [2.45, 2.75) is 52.6 Å². The fourth-order valence-corrected chi connectivity index (χ4v) is 2.53. The van der Waals surface area contributed by atoms with Crippen LogP contribution < -0.4 is 5.32 Å². The largest absolute Gasteiger partial charge is 0.316 e. The van der Waals surface area contributed by atoms with E-state index in [4.69, 9.17) is 0 Å². The summed E-state index contributed by atoms with van der Waals surface area (Å²) in [5, 5.41) is 3.47. The number of halogens is 1. The van der Waals surface area contributed by atoms with E-state index in [1.54, 1.807) is 12.1 Å². The summed E-state index contributed by atoms with van der Waals surface area (Å²) in [6.07, 6.45) is 2.28. The first-order valence-electron chi connectivity index (χ1n) is 8.10. The average Bonchev–Trinajstić information content (AvgIpc) is 2.45. The lowest BCUT2D eigenvalue weighted by molar-refractivity contribution is 0.183. The smallest absolute Gasteiger partial charge is 0.127 e. The summed E-state index contributed by atoms with van der Waals surface area (Å²) < 4.78 is 13.9. The second-order valence-electron chi connectivity index (χ2n) is 6.45. The molecule has 0 bridgehead atoms.